The summed E-state index contributed by atoms with van der Waals surface area (Å²) in [5.74, 6) is -0.457. The van der Waals surface area contributed by atoms with E-state index in [1.165, 1.54) is 5.56 Å². The highest BCUT2D eigenvalue weighted by Gasteiger charge is 2.56. The van der Waals surface area contributed by atoms with Crippen LogP contribution in [0.25, 0.3) is 0 Å². The van der Waals surface area contributed by atoms with Crippen molar-refractivity contribution in [3.63, 3.8) is 0 Å². The normalized spacial score (nSPS) is 25.2. The first-order valence-electron chi connectivity index (χ1n) is 10.2. The van der Waals surface area contributed by atoms with E-state index in [0.717, 1.165) is 56.2 Å². The van der Waals surface area contributed by atoms with Crippen LogP contribution in [-0.4, -0.2) is 66.0 Å². The molecule has 0 unspecified atom stereocenters. The minimum Gasteiger partial charge on any atom is -0.379 e. The molecule has 0 bridgehead atoms. The monoisotopic (exact) mass is 400 g/mol. The Hall–Kier alpha value is -2.45. The molecule has 2 aliphatic heterocycles. The highest BCUT2D eigenvalue weighted by Crippen LogP contribution is 2.42. The molecule has 156 valence electrons. The molecule has 3 fully saturated rings. The van der Waals surface area contributed by atoms with Gasteiger partial charge in [0.05, 0.1) is 13.2 Å². The molecule has 4 amide bonds. The van der Waals surface area contributed by atoms with Crippen LogP contribution in [0, 0.1) is 5.92 Å². The molecule has 8 heteroatoms. The summed E-state index contributed by atoms with van der Waals surface area (Å²) < 4.78 is 5.37. The van der Waals surface area contributed by atoms with Gasteiger partial charge in [-0.2, -0.15) is 0 Å². The molecule has 1 atom stereocenters. The van der Waals surface area contributed by atoms with E-state index < -0.39 is 11.6 Å². The third-order valence-electron chi connectivity index (χ3n) is 6.02. The summed E-state index contributed by atoms with van der Waals surface area (Å²) in [5, 5.41) is 5.56. The number of rotatable bonds is 7. The maximum absolute atomic E-state index is 12.6. The van der Waals surface area contributed by atoms with Gasteiger partial charge in [0.2, 0.25) is 5.91 Å². The van der Waals surface area contributed by atoms with Gasteiger partial charge in [0.1, 0.15) is 12.1 Å². The maximum Gasteiger partial charge on any atom is 0.325 e. The first kappa shape index (κ1) is 19.8. The summed E-state index contributed by atoms with van der Waals surface area (Å²) in [5.41, 5.74) is 1.35. The molecule has 8 nitrogen and oxygen atoms in total. The van der Waals surface area contributed by atoms with Crippen molar-refractivity contribution in [2.75, 3.05) is 32.8 Å². The Morgan fingerprint density at radius 1 is 1.17 bits per heavy atom. The van der Waals surface area contributed by atoms with E-state index in [1.807, 2.05) is 12.1 Å². The zero-order valence-corrected chi connectivity index (χ0v) is 16.8. The van der Waals surface area contributed by atoms with Gasteiger partial charge in [0.15, 0.2) is 0 Å². The Labute approximate surface area is 170 Å². The number of carbonyl (C=O) groups excluding carboxylic acids is 3. The highest BCUT2D eigenvalue weighted by molar-refractivity contribution is 6.09. The second-order valence-corrected chi connectivity index (χ2v) is 8.28. The molecule has 0 aromatic heterocycles. The predicted octanol–water partition coefficient (Wildman–Crippen LogP) is 0.856. The van der Waals surface area contributed by atoms with Crippen molar-refractivity contribution in [2.24, 2.45) is 5.92 Å². The van der Waals surface area contributed by atoms with Crippen molar-refractivity contribution in [1.29, 1.82) is 0 Å². The fourth-order valence-electron chi connectivity index (χ4n) is 3.98. The number of hydrogen-bond donors (Lipinski definition) is 2. The highest BCUT2D eigenvalue weighted by atomic mass is 16.5. The van der Waals surface area contributed by atoms with Crippen LogP contribution >= 0.6 is 0 Å². The molecule has 2 saturated heterocycles. The Kier molecular flexibility index (Phi) is 5.56. The molecule has 0 spiro atoms. The molecule has 1 aromatic carbocycles. The number of hydrogen-bond acceptors (Lipinski definition) is 5. The SMILES string of the molecule is C[C@@]1(C2CC2)NC(=O)N(CC(=O)NCc2ccc(CN3CCOCC3)cc2)C1=O. The number of imide groups is 1. The van der Waals surface area contributed by atoms with Gasteiger partial charge in [-0.1, -0.05) is 24.3 Å². The predicted molar refractivity (Wildman–Crippen MR) is 106 cm³/mol. The standard InChI is InChI=1S/C21H28N4O4/c1-21(17-6-7-17)19(27)25(20(28)23-21)14-18(26)22-12-15-2-4-16(5-3-15)13-24-8-10-29-11-9-24/h2-5,17H,6-14H2,1H3,(H,22,26)(H,23,28)/t21-/m0/s1. The molecule has 4 rings (SSSR count). The summed E-state index contributed by atoms with van der Waals surface area (Å²) in [7, 11) is 0. The minimum atomic E-state index is -0.853. The van der Waals surface area contributed by atoms with Gasteiger partial charge in [-0.15, -0.1) is 0 Å². The fraction of sp³-hybridized carbons (Fsp3) is 0.571. The summed E-state index contributed by atoms with van der Waals surface area (Å²) in [6.45, 7) is 6.20. The summed E-state index contributed by atoms with van der Waals surface area (Å²) >= 11 is 0. The lowest BCUT2D eigenvalue weighted by Gasteiger charge is -2.26. The number of nitrogens with one attached hydrogen (secondary N) is 2. The smallest absolute Gasteiger partial charge is 0.325 e. The van der Waals surface area contributed by atoms with Crippen molar-refractivity contribution < 1.29 is 19.1 Å². The number of amides is 4. The zero-order chi connectivity index (χ0) is 20.4. The van der Waals surface area contributed by atoms with Crippen LogP contribution < -0.4 is 10.6 Å². The molecular weight excluding hydrogens is 372 g/mol. The summed E-state index contributed by atoms with van der Waals surface area (Å²) in [6.07, 6.45) is 1.87. The molecule has 2 heterocycles. The molecule has 0 radical (unpaired) electrons. The lowest BCUT2D eigenvalue weighted by Crippen LogP contribution is -2.46. The van der Waals surface area contributed by atoms with E-state index in [1.54, 1.807) is 6.92 Å². The third-order valence-corrected chi connectivity index (χ3v) is 6.02. The van der Waals surface area contributed by atoms with Crippen LogP contribution in [0.5, 0.6) is 0 Å². The number of morpholine rings is 1. The Morgan fingerprint density at radius 2 is 1.83 bits per heavy atom. The van der Waals surface area contributed by atoms with Crippen molar-refractivity contribution in [1.82, 2.24) is 20.4 Å². The minimum absolute atomic E-state index is 0.183. The Balaban J connectivity index is 1.25. The van der Waals surface area contributed by atoms with Gasteiger partial charge in [-0.25, -0.2) is 4.79 Å². The van der Waals surface area contributed by atoms with Crippen molar-refractivity contribution in [3.8, 4) is 0 Å². The van der Waals surface area contributed by atoms with Crippen LogP contribution in [0.4, 0.5) is 4.79 Å². The van der Waals surface area contributed by atoms with Crippen LogP contribution in [0.3, 0.4) is 0 Å². The average molecular weight is 400 g/mol. The number of nitrogens with zero attached hydrogens (tertiary/aromatic N) is 2. The van der Waals surface area contributed by atoms with E-state index in [2.05, 4.69) is 27.7 Å². The fourth-order valence-corrected chi connectivity index (χ4v) is 3.98. The zero-order valence-electron chi connectivity index (χ0n) is 16.8. The van der Waals surface area contributed by atoms with Gasteiger partial charge in [-0.3, -0.25) is 19.4 Å². The van der Waals surface area contributed by atoms with Crippen LogP contribution in [0.2, 0.25) is 0 Å². The van der Waals surface area contributed by atoms with Crippen LogP contribution in [0.15, 0.2) is 24.3 Å². The number of ether oxygens (including phenoxy) is 1. The van der Waals surface area contributed by atoms with E-state index in [4.69, 9.17) is 4.74 Å². The van der Waals surface area contributed by atoms with E-state index in [0.29, 0.717) is 6.54 Å². The lowest BCUT2D eigenvalue weighted by molar-refractivity contribution is -0.135. The average Bonchev–Trinajstić information content (AvgIpc) is 3.54. The number of urea groups is 1. The van der Waals surface area contributed by atoms with Gasteiger partial charge >= 0.3 is 6.03 Å². The number of benzene rings is 1. The van der Waals surface area contributed by atoms with Crippen molar-refractivity contribution in [2.45, 2.75) is 38.4 Å². The maximum atomic E-state index is 12.6. The van der Waals surface area contributed by atoms with Crippen molar-refractivity contribution in [3.05, 3.63) is 35.4 Å². The molecule has 29 heavy (non-hydrogen) atoms. The molecule has 3 aliphatic rings. The second kappa shape index (κ2) is 8.12. The molecular formula is C21H28N4O4. The van der Waals surface area contributed by atoms with Gasteiger partial charge in [0, 0.05) is 26.2 Å². The van der Waals surface area contributed by atoms with E-state index in [9.17, 15) is 14.4 Å². The summed E-state index contributed by atoms with van der Waals surface area (Å²) in [6, 6.07) is 7.64. The topological polar surface area (TPSA) is 91.0 Å². The van der Waals surface area contributed by atoms with E-state index in [-0.39, 0.29) is 24.3 Å². The van der Waals surface area contributed by atoms with Crippen LogP contribution in [-0.2, 0) is 27.4 Å². The number of carbonyl (C=O) groups is 3. The van der Waals surface area contributed by atoms with Gasteiger partial charge in [0.25, 0.3) is 5.91 Å². The Morgan fingerprint density at radius 3 is 2.48 bits per heavy atom. The lowest BCUT2D eigenvalue weighted by atomic mass is 9.96. The second-order valence-electron chi connectivity index (χ2n) is 8.28. The molecule has 1 aromatic rings. The van der Waals surface area contributed by atoms with Crippen molar-refractivity contribution >= 4 is 17.8 Å². The van der Waals surface area contributed by atoms with Gasteiger partial charge < -0.3 is 15.4 Å². The quantitative estimate of drug-likeness (QED) is 0.663. The molecule has 1 aliphatic carbocycles. The first-order chi connectivity index (χ1) is 14.0. The molecule has 2 N–H and O–H groups in total. The largest absolute Gasteiger partial charge is 0.379 e. The third kappa shape index (κ3) is 4.43. The van der Waals surface area contributed by atoms with E-state index >= 15 is 0 Å². The molecule has 1 saturated carbocycles. The van der Waals surface area contributed by atoms with Crippen LogP contribution in [0.1, 0.15) is 30.9 Å². The summed E-state index contributed by atoms with van der Waals surface area (Å²) in [4.78, 5) is 40.4. The van der Waals surface area contributed by atoms with Gasteiger partial charge in [-0.05, 0) is 36.8 Å². The Bertz CT molecular complexity index is 786. The first-order valence-corrected chi connectivity index (χ1v) is 10.2.